The summed E-state index contributed by atoms with van der Waals surface area (Å²) < 4.78 is 15.3. The van der Waals surface area contributed by atoms with Crippen LogP contribution in [0.15, 0.2) is 77.1 Å². The Bertz CT molecular complexity index is 1060. The Kier molecular flexibility index (Phi) is 8.28. The lowest BCUT2D eigenvalue weighted by molar-refractivity contribution is -0.115. The number of benzene rings is 1. The van der Waals surface area contributed by atoms with Crippen LogP contribution in [0, 0.1) is 0 Å². The zero-order chi connectivity index (χ0) is 22.3. The zero-order valence-corrected chi connectivity index (χ0v) is 18.3. The van der Waals surface area contributed by atoms with Crippen LogP contribution in [0.4, 0.5) is 16.2 Å². The lowest BCUT2D eigenvalue weighted by Gasteiger charge is -2.19. The summed E-state index contributed by atoms with van der Waals surface area (Å²) in [5.41, 5.74) is 0.947. The molecule has 10 heteroatoms. The number of carbonyl (C=O) groups excluding carboxylic acids is 3. The molecule has 3 amide bonds. The van der Waals surface area contributed by atoms with Gasteiger partial charge in [-0.25, -0.2) is 9.00 Å². The molecule has 0 saturated carbocycles. The normalized spacial score (nSPS) is 11.9. The summed E-state index contributed by atoms with van der Waals surface area (Å²) in [4.78, 5) is 37.2. The van der Waals surface area contributed by atoms with E-state index in [0.29, 0.717) is 26.2 Å². The van der Waals surface area contributed by atoms with E-state index < -0.39 is 22.9 Å². The van der Waals surface area contributed by atoms with Crippen LogP contribution in [0.2, 0.25) is 4.34 Å². The largest absolute Gasteiger partial charge is 0.331 e. The highest BCUT2D eigenvalue weighted by atomic mass is 35.5. The third-order valence-electron chi connectivity index (χ3n) is 3.74. The molecule has 156 valence electrons. The monoisotopic (exact) mass is 463 g/mol. The molecule has 0 saturated heterocycles. The number of nitrogens with one attached hydrogen (secondary N) is 2. The van der Waals surface area contributed by atoms with Crippen molar-refractivity contribution in [2.45, 2.75) is 4.21 Å². The summed E-state index contributed by atoms with van der Waals surface area (Å²) in [5.74, 6) is -0.493. The topological polar surface area (TPSA) is 95.6 Å². The van der Waals surface area contributed by atoms with E-state index in [-0.39, 0.29) is 11.1 Å². The summed E-state index contributed by atoms with van der Waals surface area (Å²) >= 11 is 6.90. The minimum atomic E-state index is -1.75. The van der Waals surface area contributed by atoms with Crippen molar-refractivity contribution < 1.29 is 18.6 Å². The minimum absolute atomic E-state index is 0.00788. The standard InChI is InChI=1S/C20H18ClN3O4S2/c1-4-6-14(12-25)13(2)19(26)24(3)16-8-5-7-15(11-16)22-20(27)23-30(28)18-10-9-17(21)29-18/h4-12H,1-2H2,3H3,(H2,22,23,27)/b14-6-. The molecule has 0 radical (unpaired) electrons. The van der Waals surface area contributed by atoms with Crippen molar-refractivity contribution in [1.29, 1.82) is 0 Å². The molecule has 0 bridgehead atoms. The Labute approximate surface area is 185 Å². The van der Waals surface area contributed by atoms with Gasteiger partial charge in [0.15, 0.2) is 17.3 Å². The zero-order valence-electron chi connectivity index (χ0n) is 15.9. The van der Waals surface area contributed by atoms with Crippen molar-refractivity contribution in [2.75, 3.05) is 17.3 Å². The van der Waals surface area contributed by atoms with Gasteiger partial charge in [-0.3, -0.25) is 14.3 Å². The van der Waals surface area contributed by atoms with Gasteiger partial charge in [0.25, 0.3) is 5.91 Å². The van der Waals surface area contributed by atoms with Crippen molar-refractivity contribution in [2.24, 2.45) is 0 Å². The van der Waals surface area contributed by atoms with Gasteiger partial charge in [-0.15, -0.1) is 11.3 Å². The maximum absolute atomic E-state index is 12.6. The fourth-order valence-electron chi connectivity index (χ4n) is 2.26. The smallest absolute Gasteiger partial charge is 0.311 e. The van der Waals surface area contributed by atoms with Crippen LogP contribution in [-0.2, 0) is 20.6 Å². The van der Waals surface area contributed by atoms with Crippen LogP contribution >= 0.6 is 22.9 Å². The number of anilines is 2. The molecule has 0 fully saturated rings. The van der Waals surface area contributed by atoms with Crippen LogP contribution in [0.25, 0.3) is 0 Å². The van der Waals surface area contributed by atoms with E-state index in [0.717, 1.165) is 11.3 Å². The molecular weight excluding hydrogens is 446 g/mol. The van der Waals surface area contributed by atoms with Gasteiger partial charge in [0.2, 0.25) is 0 Å². The molecule has 7 nitrogen and oxygen atoms in total. The number of aldehydes is 1. The number of hydrogen-bond donors (Lipinski definition) is 2. The van der Waals surface area contributed by atoms with Gasteiger partial charge in [0.05, 0.1) is 4.34 Å². The SMILES string of the molecule is C=C/C=C(/C=O)C(=C)C(=O)N(C)c1cccc(NC(=O)NS(=O)c2ccc(Cl)s2)c1. The Morgan fingerprint density at radius 3 is 2.60 bits per heavy atom. The maximum Gasteiger partial charge on any atom is 0.331 e. The molecular formula is C20H18ClN3O4S2. The average molecular weight is 464 g/mol. The number of rotatable bonds is 8. The summed E-state index contributed by atoms with van der Waals surface area (Å²) in [5, 5.41) is 2.55. The molecule has 1 unspecified atom stereocenters. The molecule has 2 N–H and O–H groups in total. The molecule has 1 aromatic carbocycles. The number of likely N-dealkylation sites (N-methyl/N-ethyl adjacent to an activating group) is 1. The van der Waals surface area contributed by atoms with E-state index in [1.165, 1.54) is 24.1 Å². The van der Waals surface area contributed by atoms with Crippen LogP contribution in [0.1, 0.15) is 0 Å². The van der Waals surface area contributed by atoms with Crippen LogP contribution in [0.5, 0.6) is 0 Å². The number of thiophene rings is 1. The Hall–Kier alpha value is -3.01. The fourth-order valence-corrected chi connectivity index (χ4v) is 4.38. The number of halogens is 1. The van der Waals surface area contributed by atoms with Gasteiger partial charge in [-0.05, 0) is 30.3 Å². The lowest BCUT2D eigenvalue weighted by atomic mass is 10.1. The molecule has 2 aromatic rings. The number of amides is 3. The first-order valence-electron chi connectivity index (χ1n) is 8.37. The fraction of sp³-hybridized carbons (Fsp3) is 0.0500. The molecule has 1 atom stereocenters. The summed E-state index contributed by atoms with van der Waals surface area (Å²) in [6.07, 6.45) is 3.31. The highest BCUT2D eigenvalue weighted by Gasteiger charge is 2.18. The van der Waals surface area contributed by atoms with E-state index in [9.17, 15) is 18.6 Å². The van der Waals surface area contributed by atoms with Gasteiger partial charge in [-0.1, -0.05) is 43.0 Å². The van der Waals surface area contributed by atoms with Gasteiger partial charge < -0.3 is 10.2 Å². The quantitative estimate of drug-likeness (QED) is 0.350. The Balaban J connectivity index is 2.08. The van der Waals surface area contributed by atoms with Crippen LogP contribution in [0.3, 0.4) is 0 Å². The average Bonchev–Trinajstić information content (AvgIpc) is 3.17. The third-order valence-corrected chi connectivity index (χ3v) is 6.35. The molecule has 30 heavy (non-hydrogen) atoms. The minimum Gasteiger partial charge on any atom is -0.311 e. The van der Waals surface area contributed by atoms with E-state index in [2.05, 4.69) is 23.2 Å². The van der Waals surface area contributed by atoms with E-state index >= 15 is 0 Å². The van der Waals surface area contributed by atoms with Crippen LogP contribution < -0.4 is 14.9 Å². The lowest BCUT2D eigenvalue weighted by Crippen LogP contribution is -2.30. The highest BCUT2D eigenvalue weighted by Crippen LogP contribution is 2.24. The molecule has 0 spiro atoms. The highest BCUT2D eigenvalue weighted by molar-refractivity contribution is 7.86. The number of carbonyl (C=O) groups is 3. The molecule has 1 aromatic heterocycles. The summed E-state index contributed by atoms with van der Waals surface area (Å²) in [6, 6.07) is 8.90. The summed E-state index contributed by atoms with van der Waals surface area (Å²) in [6.45, 7) is 7.16. The van der Waals surface area contributed by atoms with Crippen molar-refractivity contribution in [3.05, 3.63) is 77.2 Å². The first-order valence-corrected chi connectivity index (χ1v) is 10.7. The van der Waals surface area contributed by atoms with Gasteiger partial charge in [0, 0.05) is 29.6 Å². The number of allylic oxidation sites excluding steroid dienone is 2. The van der Waals surface area contributed by atoms with Crippen LogP contribution in [-0.4, -0.2) is 29.5 Å². The maximum atomic E-state index is 12.6. The van der Waals surface area contributed by atoms with E-state index in [4.69, 9.17) is 11.6 Å². The second-order valence-corrected chi connectivity index (χ2v) is 8.91. The molecule has 2 rings (SSSR count). The second-order valence-electron chi connectivity index (χ2n) is 5.75. The van der Waals surface area contributed by atoms with Gasteiger partial charge >= 0.3 is 6.03 Å². The number of urea groups is 1. The van der Waals surface area contributed by atoms with Gasteiger partial charge in [0.1, 0.15) is 4.21 Å². The molecule has 0 aliphatic rings. The van der Waals surface area contributed by atoms with Crippen molar-refractivity contribution in [3.63, 3.8) is 0 Å². The van der Waals surface area contributed by atoms with E-state index in [1.807, 2.05) is 0 Å². The molecule has 0 aliphatic carbocycles. The third kappa shape index (κ3) is 5.99. The predicted molar refractivity (Wildman–Crippen MR) is 121 cm³/mol. The Morgan fingerprint density at radius 1 is 1.27 bits per heavy atom. The molecule has 1 heterocycles. The van der Waals surface area contributed by atoms with Crippen molar-refractivity contribution >= 4 is 63.5 Å². The number of nitrogens with zero attached hydrogens (tertiary/aromatic N) is 1. The van der Waals surface area contributed by atoms with Crippen molar-refractivity contribution in [1.82, 2.24) is 4.72 Å². The number of hydrogen-bond acceptors (Lipinski definition) is 5. The first-order chi connectivity index (χ1) is 14.3. The van der Waals surface area contributed by atoms with Crippen molar-refractivity contribution in [3.8, 4) is 0 Å². The first kappa shape index (κ1) is 23.3. The summed E-state index contributed by atoms with van der Waals surface area (Å²) in [7, 11) is -0.241. The van der Waals surface area contributed by atoms with E-state index in [1.54, 1.807) is 36.4 Å². The van der Waals surface area contributed by atoms with Gasteiger partial charge in [-0.2, -0.15) is 0 Å². The predicted octanol–water partition coefficient (Wildman–Crippen LogP) is 4.08. The molecule has 0 aliphatic heterocycles. The Morgan fingerprint density at radius 2 is 2.00 bits per heavy atom. The second kappa shape index (κ2) is 10.7.